The molecule has 1 fully saturated rings. The number of carbonyl (C=O) groups is 1. The molecule has 1 amide bonds. The zero-order chi connectivity index (χ0) is 17.6. The first-order valence-corrected chi connectivity index (χ1v) is 9.03. The average molecular weight is 338 g/mol. The second-order valence-corrected chi connectivity index (χ2v) is 6.33. The normalized spacial score (nSPS) is 15.2. The van der Waals surface area contributed by atoms with E-state index < -0.39 is 0 Å². The molecule has 132 valence electrons. The van der Waals surface area contributed by atoms with Gasteiger partial charge in [0.1, 0.15) is 5.69 Å². The van der Waals surface area contributed by atoms with E-state index in [1.54, 1.807) is 6.20 Å². The first-order chi connectivity index (χ1) is 12.2. The molecule has 0 spiro atoms. The number of aromatic nitrogens is 1. The maximum Gasteiger partial charge on any atom is 0.274 e. The second-order valence-electron chi connectivity index (χ2n) is 6.33. The molecule has 3 rings (SSSR count). The summed E-state index contributed by atoms with van der Waals surface area (Å²) in [5, 5.41) is 2.93. The molecule has 2 heterocycles. The van der Waals surface area contributed by atoms with Gasteiger partial charge < -0.3 is 15.1 Å². The lowest BCUT2D eigenvalue weighted by molar-refractivity contribution is 0.102. The Bertz CT molecular complexity index is 706. The van der Waals surface area contributed by atoms with E-state index in [1.807, 2.05) is 36.4 Å². The summed E-state index contributed by atoms with van der Waals surface area (Å²) in [7, 11) is 0. The summed E-state index contributed by atoms with van der Waals surface area (Å²) in [6.07, 6.45) is 2.71. The highest BCUT2D eigenvalue weighted by Crippen LogP contribution is 2.18. The van der Waals surface area contributed by atoms with Gasteiger partial charge in [-0.2, -0.15) is 0 Å². The molecule has 0 atom stereocenters. The highest BCUT2D eigenvalue weighted by Gasteiger charge is 2.17. The van der Waals surface area contributed by atoms with Crippen LogP contribution in [-0.4, -0.2) is 48.5 Å². The molecule has 1 aromatic heterocycles. The summed E-state index contributed by atoms with van der Waals surface area (Å²) in [6, 6.07) is 11.8. The molecule has 0 unspecified atom stereocenters. The van der Waals surface area contributed by atoms with Gasteiger partial charge in [0.2, 0.25) is 0 Å². The van der Waals surface area contributed by atoms with Gasteiger partial charge in [-0.1, -0.05) is 26.0 Å². The van der Waals surface area contributed by atoms with E-state index in [-0.39, 0.29) is 5.91 Å². The largest absolute Gasteiger partial charge is 0.369 e. The lowest BCUT2D eigenvalue weighted by Crippen LogP contribution is -2.46. The quantitative estimate of drug-likeness (QED) is 0.910. The number of pyridine rings is 1. The summed E-state index contributed by atoms with van der Waals surface area (Å²) < 4.78 is 0. The topological polar surface area (TPSA) is 48.5 Å². The monoisotopic (exact) mass is 338 g/mol. The Morgan fingerprint density at radius 2 is 1.80 bits per heavy atom. The Morgan fingerprint density at radius 3 is 2.44 bits per heavy atom. The molecule has 1 aliphatic rings. The fourth-order valence-electron chi connectivity index (χ4n) is 3.08. The van der Waals surface area contributed by atoms with Crippen LogP contribution in [0.15, 0.2) is 42.6 Å². The van der Waals surface area contributed by atoms with Crippen LogP contribution in [0.5, 0.6) is 0 Å². The zero-order valence-electron chi connectivity index (χ0n) is 15.0. The van der Waals surface area contributed by atoms with Crippen LogP contribution in [0.3, 0.4) is 0 Å². The van der Waals surface area contributed by atoms with E-state index in [1.165, 1.54) is 5.56 Å². The van der Waals surface area contributed by atoms with Gasteiger partial charge in [-0.15, -0.1) is 0 Å². The third kappa shape index (κ3) is 4.37. The molecule has 0 radical (unpaired) electrons. The van der Waals surface area contributed by atoms with Gasteiger partial charge in [-0.05, 0) is 42.8 Å². The molecule has 5 heteroatoms. The Morgan fingerprint density at radius 1 is 1.08 bits per heavy atom. The predicted octanol–water partition coefficient (Wildman–Crippen LogP) is 3.04. The summed E-state index contributed by atoms with van der Waals surface area (Å²) >= 11 is 0. The molecule has 1 aromatic carbocycles. The molecule has 1 saturated heterocycles. The van der Waals surface area contributed by atoms with Gasteiger partial charge in [-0.3, -0.25) is 9.78 Å². The second kappa shape index (κ2) is 8.12. The maximum absolute atomic E-state index is 12.5. The molecule has 0 bridgehead atoms. The van der Waals surface area contributed by atoms with E-state index in [2.05, 4.69) is 33.9 Å². The Hall–Kier alpha value is -2.40. The van der Waals surface area contributed by atoms with Crippen LogP contribution >= 0.6 is 0 Å². The highest BCUT2D eigenvalue weighted by molar-refractivity contribution is 6.03. The number of aryl methyl sites for hydroxylation is 1. The number of hydrogen-bond acceptors (Lipinski definition) is 4. The molecule has 25 heavy (non-hydrogen) atoms. The number of piperazine rings is 1. The van der Waals surface area contributed by atoms with Crippen LogP contribution in [0.25, 0.3) is 0 Å². The molecule has 0 aliphatic carbocycles. The van der Waals surface area contributed by atoms with Crippen LogP contribution in [0.4, 0.5) is 11.4 Å². The fourth-order valence-corrected chi connectivity index (χ4v) is 3.08. The Labute approximate surface area is 149 Å². The number of anilines is 2. The number of carbonyl (C=O) groups excluding carboxylic acids is 1. The number of nitrogens with zero attached hydrogens (tertiary/aromatic N) is 3. The molecule has 1 N–H and O–H groups in total. The van der Waals surface area contributed by atoms with E-state index in [0.717, 1.165) is 50.5 Å². The molecule has 2 aromatic rings. The standard InChI is InChI=1S/C20H26N4O/c1-3-16-5-7-17(8-6-16)22-20(25)19-15-18(9-10-21-19)24-13-11-23(4-2)12-14-24/h5-10,15H,3-4,11-14H2,1-2H3,(H,22,25). The van der Waals surface area contributed by atoms with E-state index in [9.17, 15) is 4.79 Å². The Balaban J connectivity index is 1.67. The third-order valence-corrected chi connectivity index (χ3v) is 4.78. The van der Waals surface area contributed by atoms with Crippen LogP contribution in [0, 0.1) is 0 Å². The van der Waals surface area contributed by atoms with E-state index in [4.69, 9.17) is 0 Å². The number of nitrogens with one attached hydrogen (secondary N) is 1. The number of rotatable bonds is 5. The summed E-state index contributed by atoms with van der Waals surface area (Å²) in [4.78, 5) is 21.5. The summed E-state index contributed by atoms with van der Waals surface area (Å²) in [5.41, 5.74) is 3.57. The van der Waals surface area contributed by atoms with Crippen LogP contribution in [0.1, 0.15) is 29.9 Å². The lowest BCUT2D eigenvalue weighted by Gasteiger charge is -2.35. The Kier molecular flexibility index (Phi) is 5.66. The van der Waals surface area contributed by atoms with Gasteiger partial charge in [-0.25, -0.2) is 0 Å². The third-order valence-electron chi connectivity index (χ3n) is 4.78. The number of benzene rings is 1. The maximum atomic E-state index is 12.5. The molecule has 0 saturated carbocycles. The van der Waals surface area contributed by atoms with Crippen LogP contribution in [0.2, 0.25) is 0 Å². The van der Waals surface area contributed by atoms with Crippen molar-refractivity contribution < 1.29 is 4.79 Å². The van der Waals surface area contributed by atoms with Crippen molar-refractivity contribution in [3.63, 3.8) is 0 Å². The van der Waals surface area contributed by atoms with Crippen LogP contribution in [-0.2, 0) is 6.42 Å². The minimum atomic E-state index is -0.168. The summed E-state index contributed by atoms with van der Waals surface area (Å²) in [5.74, 6) is -0.168. The van der Waals surface area contributed by atoms with Crippen molar-refractivity contribution in [3.8, 4) is 0 Å². The SMILES string of the molecule is CCc1ccc(NC(=O)c2cc(N3CCN(CC)CC3)ccn2)cc1. The van der Waals surface area contributed by atoms with Crippen LogP contribution < -0.4 is 10.2 Å². The summed E-state index contributed by atoms with van der Waals surface area (Å²) in [6.45, 7) is 9.48. The number of likely N-dealkylation sites (N-methyl/N-ethyl adjacent to an activating group) is 1. The molecule has 1 aliphatic heterocycles. The zero-order valence-corrected chi connectivity index (χ0v) is 15.0. The van der Waals surface area contributed by atoms with Gasteiger partial charge in [0.15, 0.2) is 0 Å². The van der Waals surface area contributed by atoms with Crippen molar-refractivity contribution in [3.05, 3.63) is 53.9 Å². The van der Waals surface area contributed by atoms with Crippen molar-refractivity contribution in [1.29, 1.82) is 0 Å². The van der Waals surface area contributed by atoms with Gasteiger partial charge >= 0.3 is 0 Å². The van der Waals surface area contributed by atoms with Crippen molar-refractivity contribution in [2.75, 3.05) is 42.9 Å². The smallest absolute Gasteiger partial charge is 0.274 e. The first-order valence-electron chi connectivity index (χ1n) is 9.03. The fraction of sp³-hybridized carbons (Fsp3) is 0.400. The molecular weight excluding hydrogens is 312 g/mol. The minimum Gasteiger partial charge on any atom is -0.369 e. The minimum absolute atomic E-state index is 0.168. The first kappa shape index (κ1) is 17.4. The molecule has 5 nitrogen and oxygen atoms in total. The average Bonchev–Trinajstić information content (AvgIpc) is 2.68. The highest BCUT2D eigenvalue weighted by atomic mass is 16.1. The predicted molar refractivity (Wildman–Crippen MR) is 102 cm³/mol. The van der Waals surface area contributed by atoms with Crippen molar-refractivity contribution >= 4 is 17.3 Å². The van der Waals surface area contributed by atoms with Crippen molar-refractivity contribution in [2.45, 2.75) is 20.3 Å². The van der Waals surface area contributed by atoms with Crippen molar-refractivity contribution in [2.24, 2.45) is 0 Å². The molecular formula is C20H26N4O. The number of hydrogen-bond donors (Lipinski definition) is 1. The lowest BCUT2D eigenvalue weighted by atomic mass is 10.1. The van der Waals surface area contributed by atoms with Crippen molar-refractivity contribution in [1.82, 2.24) is 9.88 Å². The van der Waals surface area contributed by atoms with E-state index in [0.29, 0.717) is 5.69 Å². The van der Waals surface area contributed by atoms with Gasteiger partial charge in [0.25, 0.3) is 5.91 Å². The van der Waals surface area contributed by atoms with Gasteiger partial charge in [0.05, 0.1) is 0 Å². The van der Waals surface area contributed by atoms with E-state index >= 15 is 0 Å². The number of amides is 1. The van der Waals surface area contributed by atoms with Gasteiger partial charge in [0, 0.05) is 43.8 Å².